The van der Waals surface area contributed by atoms with Gasteiger partial charge in [0.15, 0.2) is 0 Å². The van der Waals surface area contributed by atoms with Crippen molar-refractivity contribution in [2.75, 3.05) is 0 Å². The first-order chi connectivity index (χ1) is 32.2. The van der Waals surface area contributed by atoms with Crippen molar-refractivity contribution >= 4 is 17.8 Å². The van der Waals surface area contributed by atoms with Crippen LogP contribution in [0.25, 0.3) is 0 Å². The molecule has 2 amide bonds. The number of unbranched alkanes of at least 4 members (excludes halogenated alkanes) is 3. The molecule has 70 heavy (non-hydrogen) atoms. The monoisotopic (exact) mass is 971 g/mol. The summed E-state index contributed by atoms with van der Waals surface area (Å²) in [5.41, 5.74) is 4.34. The normalized spacial score (nSPS) is 13.6. The number of carbonyl (C=O) groups is 3. The van der Waals surface area contributed by atoms with E-state index in [-0.39, 0.29) is 58.4 Å². The summed E-state index contributed by atoms with van der Waals surface area (Å²) in [4.78, 5) is 54.8. The molecule has 3 aromatic heterocycles. The maximum absolute atomic E-state index is 12.7. The number of pyridine rings is 2. The van der Waals surface area contributed by atoms with E-state index in [0.717, 1.165) is 67.7 Å². The molecule has 3 unspecified atom stereocenters. The molecule has 0 saturated heterocycles. The number of aryl methyl sites for hydroxylation is 1. The highest BCUT2D eigenvalue weighted by Crippen LogP contribution is 2.35. The molecule has 10 heteroatoms. The zero-order valence-corrected chi connectivity index (χ0v) is 48.0. The molecule has 3 aromatic rings. The Morgan fingerprint density at radius 3 is 1.20 bits per heavy atom. The molecular weight excluding hydrogens is 869 g/mol. The van der Waals surface area contributed by atoms with Gasteiger partial charge in [0.2, 0.25) is 11.8 Å². The minimum absolute atomic E-state index is 0.0179. The van der Waals surface area contributed by atoms with Crippen LogP contribution in [0.4, 0.5) is 0 Å². The van der Waals surface area contributed by atoms with Crippen molar-refractivity contribution in [2.45, 2.75) is 228 Å². The Morgan fingerprint density at radius 2 is 0.857 bits per heavy atom. The SMILES string of the molecule is CC(C)(C)CCCCC(C(=O)NCc1ccccn1)C(C)(C)C.CC(C)(C)CCCCC(C(=O)OCc1ccccn1)C(C)(C)C.Cc1cnc(CNC(=O)C(CCCCC(C)(C)C)C(C)(C)C)cn1. The van der Waals surface area contributed by atoms with Gasteiger partial charge in [-0.25, -0.2) is 0 Å². The number of rotatable bonds is 21. The molecule has 0 aliphatic rings. The van der Waals surface area contributed by atoms with Crippen molar-refractivity contribution in [3.8, 4) is 0 Å². The third kappa shape index (κ3) is 30.5. The van der Waals surface area contributed by atoms with Gasteiger partial charge in [0.25, 0.3) is 0 Å². The van der Waals surface area contributed by atoms with E-state index in [1.807, 2.05) is 43.3 Å². The number of aromatic nitrogens is 4. The van der Waals surface area contributed by atoms with Crippen molar-refractivity contribution in [3.05, 3.63) is 84.0 Å². The second-order valence-corrected chi connectivity index (χ2v) is 26.5. The molecule has 0 aromatic carbocycles. The van der Waals surface area contributed by atoms with Crippen molar-refractivity contribution in [1.82, 2.24) is 30.6 Å². The topological polar surface area (TPSA) is 136 Å². The first-order valence-electron chi connectivity index (χ1n) is 26.5. The van der Waals surface area contributed by atoms with Crippen LogP contribution in [0.2, 0.25) is 0 Å². The molecule has 10 nitrogen and oxygen atoms in total. The summed E-state index contributed by atoms with van der Waals surface area (Å²) in [6, 6.07) is 11.4. The lowest BCUT2D eigenvalue weighted by Gasteiger charge is -2.30. The highest BCUT2D eigenvalue weighted by Gasteiger charge is 2.33. The average Bonchev–Trinajstić information content (AvgIpc) is 3.23. The van der Waals surface area contributed by atoms with E-state index in [1.54, 1.807) is 24.8 Å². The van der Waals surface area contributed by atoms with Crippen LogP contribution in [-0.2, 0) is 38.8 Å². The maximum Gasteiger partial charge on any atom is 0.309 e. The molecule has 3 heterocycles. The number of nitrogens with one attached hydrogen (secondary N) is 2. The van der Waals surface area contributed by atoms with Crippen molar-refractivity contribution in [3.63, 3.8) is 0 Å². The Kier molecular flexibility index (Phi) is 27.3. The Balaban J connectivity index is 0.000000525. The molecule has 0 fully saturated rings. The lowest BCUT2D eigenvalue weighted by atomic mass is 9.76. The third-order valence-corrected chi connectivity index (χ3v) is 12.6. The lowest BCUT2D eigenvalue weighted by Crippen LogP contribution is -2.37. The van der Waals surface area contributed by atoms with E-state index in [1.165, 1.54) is 32.1 Å². The van der Waals surface area contributed by atoms with Crippen LogP contribution in [0.5, 0.6) is 0 Å². The molecule has 0 radical (unpaired) electrons. The first-order valence-corrected chi connectivity index (χ1v) is 26.5. The van der Waals surface area contributed by atoms with Gasteiger partial charge in [0, 0.05) is 30.4 Å². The van der Waals surface area contributed by atoms with Crippen molar-refractivity contribution in [2.24, 2.45) is 50.2 Å². The summed E-state index contributed by atoms with van der Waals surface area (Å²) in [6.07, 6.45) is 20.1. The molecular formula is C60H102N6O4. The van der Waals surface area contributed by atoms with Gasteiger partial charge >= 0.3 is 5.97 Å². The van der Waals surface area contributed by atoms with Crippen molar-refractivity contribution in [1.29, 1.82) is 0 Å². The number of esters is 1. The van der Waals surface area contributed by atoms with Crippen molar-refractivity contribution < 1.29 is 19.1 Å². The highest BCUT2D eigenvalue weighted by molar-refractivity contribution is 5.79. The minimum Gasteiger partial charge on any atom is -0.459 e. The van der Waals surface area contributed by atoms with E-state index in [0.29, 0.717) is 29.3 Å². The molecule has 3 rings (SSSR count). The van der Waals surface area contributed by atoms with E-state index >= 15 is 0 Å². The summed E-state index contributed by atoms with van der Waals surface area (Å²) in [6.45, 7) is 42.8. The molecule has 0 aliphatic carbocycles. The van der Waals surface area contributed by atoms with E-state index in [4.69, 9.17) is 4.74 Å². The zero-order chi connectivity index (χ0) is 53.4. The van der Waals surface area contributed by atoms with Gasteiger partial charge < -0.3 is 15.4 Å². The van der Waals surface area contributed by atoms with E-state index in [9.17, 15) is 14.4 Å². The predicted molar refractivity (Wildman–Crippen MR) is 291 cm³/mol. The molecule has 0 saturated carbocycles. The van der Waals surface area contributed by atoms with E-state index < -0.39 is 0 Å². The summed E-state index contributed by atoms with van der Waals surface area (Å²) >= 11 is 0. The lowest BCUT2D eigenvalue weighted by molar-refractivity contribution is -0.154. The van der Waals surface area contributed by atoms with Crippen LogP contribution >= 0.6 is 0 Å². The van der Waals surface area contributed by atoms with Crippen LogP contribution in [0, 0.1) is 57.2 Å². The fraction of sp³-hybridized carbons (Fsp3) is 0.717. The summed E-state index contributed by atoms with van der Waals surface area (Å²) < 4.78 is 5.51. The molecule has 396 valence electrons. The fourth-order valence-corrected chi connectivity index (χ4v) is 8.17. The Bertz CT molecular complexity index is 1800. The quantitative estimate of drug-likeness (QED) is 0.0796. The first kappa shape index (κ1) is 63.8. The predicted octanol–water partition coefficient (Wildman–Crippen LogP) is 15.0. The van der Waals surface area contributed by atoms with Crippen LogP contribution in [0.1, 0.15) is 224 Å². The maximum atomic E-state index is 12.7. The zero-order valence-electron chi connectivity index (χ0n) is 48.0. The number of nitrogens with zero attached hydrogens (tertiary/aromatic N) is 4. The van der Waals surface area contributed by atoms with E-state index in [2.05, 4.69) is 155 Å². The molecule has 2 N–H and O–H groups in total. The second-order valence-electron chi connectivity index (χ2n) is 26.5. The number of ether oxygens (including phenoxy) is 1. The number of carbonyl (C=O) groups excluding carboxylic acids is 3. The molecule has 0 aliphatic heterocycles. The van der Waals surface area contributed by atoms with Crippen LogP contribution in [0.3, 0.4) is 0 Å². The number of hydrogen-bond acceptors (Lipinski definition) is 8. The van der Waals surface area contributed by atoms with Crippen LogP contribution in [0.15, 0.2) is 61.2 Å². The smallest absolute Gasteiger partial charge is 0.309 e. The Labute approximate surface area is 428 Å². The van der Waals surface area contributed by atoms with Crippen LogP contribution < -0.4 is 10.6 Å². The summed E-state index contributed by atoms with van der Waals surface area (Å²) in [5.74, 6) is 0.187. The second kappa shape index (κ2) is 30.0. The van der Waals surface area contributed by atoms with Gasteiger partial charge in [0.1, 0.15) is 6.61 Å². The van der Waals surface area contributed by atoms with Gasteiger partial charge in [-0.1, -0.05) is 175 Å². The molecule has 0 bridgehead atoms. The summed E-state index contributed by atoms with van der Waals surface area (Å²) in [5, 5.41) is 6.10. The minimum atomic E-state index is -0.0982. The van der Waals surface area contributed by atoms with Gasteiger partial charge in [-0.05, 0) is 102 Å². The largest absolute Gasteiger partial charge is 0.459 e. The number of amides is 2. The standard InChI is InChI=1S/C20H35N3O.C20H34N2O.C20H33NO2/c1-15-12-22-16(13-21-15)14-23-18(24)17(20(5,6)7)10-8-9-11-19(2,3)4;1-19(2,3)13-9-7-12-17(20(4,5)6)18(23)22-15-16-11-8-10-14-21-16;1-19(2,3)13-9-7-12-17(20(4,5)6)18(22)23-15-16-11-8-10-14-21-16/h12-13,17H,8-11,14H2,1-7H3,(H,23,24);8,10-11,14,17H,7,9,12-13,15H2,1-6H3,(H,22,23);8,10-11,14,17H,7,9,12-13,15H2,1-6H3. The molecule has 3 atom stereocenters. The Hall–Kier alpha value is -4.21. The summed E-state index contributed by atoms with van der Waals surface area (Å²) in [7, 11) is 0. The van der Waals surface area contributed by atoms with Gasteiger partial charge in [0.05, 0.1) is 48.0 Å². The van der Waals surface area contributed by atoms with Gasteiger partial charge in [-0.3, -0.25) is 34.3 Å². The third-order valence-electron chi connectivity index (χ3n) is 12.6. The molecule has 0 spiro atoms. The average molecular weight is 972 g/mol. The van der Waals surface area contributed by atoms with Gasteiger partial charge in [-0.15, -0.1) is 0 Å². The highest BCUT2D eigenvalue weighted by atomic mass is 16.5. The van der Waals surface area contributed by atoms with Gasteiger partial charge in [-0.2, -0.15) is 0 Å². The fourth-order valence-electron chi connectivity index (χ4n) is 8.17. The number of hydrogen-bond donors (Lipinski definition) is 2. The Morgan fingerprint density at radius 1 is 0.471 bits per heavy atom. The van der Waals surface area contributed by atoms with Crippen LogP contribution in [-0.4, -0.2) is 37.7 Å².